The fourth-order valence-corrected chi connectivity index (χ4v) is 4.97. The quantitative estimate of drug-likeness (QED) is 0.698. The Morgan fingerprint density at radius 2 is 1.46 bits per heavy atom. The number of halogens is 2. The molecule has 1 heterocycles. The standard InChI is InChI=1S/C23H24Cl2N2O/c24-20-7-4-8-21(25)18(20)13-19-22(26-14-27-23(19)28)17-11-9-16(10-12-17)15-5-2-1-3-6-15/h1-8,16-17,26H,9-14H2,(H,27,28)/t16-,17-. The molecule has 1 saturated carbocycles. The van der Waals surface area contributed by atoms with E-state index in [1.165, 1.54) is 5.56 Å². The molecule has 0 atom stereocenters. The molecule has 146 valence electrons. The highest BCUT2D eigenvalue weighted by Crippen LogP contribution is 2.40. The monoisotopic (exact) mass is 414 g/mol. The van der Waals surface area contributed by atoms with E-state index in [1.807, 2.05) is 18.2 Å². The van der Waals surface area contributed by atoms with E-state index in [2.05, 4.69) is 41.0 Å². The van der Waals surface area contributed by atoms with Crippen LogP contribution in [0.4, 0.5) is 0 Å². The molecule has 1 aliphatic carbocycles. The number of amides is 1. The summed E-state index contributed by atoms with van der Waals surface area (Å²) in [5.74, 6) is 0.967. The van der Waals surface area contributed by atoms with Crippen LogP contribution in [0.15, 0.2) is 59.8 Å². The zero-order valence-electron chi connectivity index (χ0n) is 15.7. The zero-order valence-corrected chi connectivity index (χ0v) is 17.2. The minimum absolute atomic E-state index is 0.0186. The maximum atomic E-state index is 12.7. The van der Waals surface area contributed by atoms with E-state index < -0.39 is 0 Å². The highest BCUT2D eigenvalue weighted by atomic mass is 35.5. The van der Waals surface area contributed by atoms with Crippen LogP contribution in [-0.2, 0) is 11.2 Å². The van der Waals surface area contributed by atoms with Crippen LogP contribution in [0.3, 0.4) is 0 Å². The Hall–Kier alpha value is -1.97. The zero-order chi connectivity index (χ0) is 19.5. The molecule has 5 heteroatoms. The number of rotatable bonds is 4. The van der Waals surface area contributed by atoms with Gasteiger partial charge in [-0.05, 0) is 60.8 Å². The summed E-state index contributed by atoms with van der Waals surface area (Å²) in [6.07, 6.45) is 4.89. The molecule has 0 unspecified atom stereocenters. The molecule has 1 fully saturated rings. The number of carbonyl (C=O) groups excluding carboxylic acids is 1. The highest BCUT2D eigenvalue weighted by Gasteiger charge is 2.30. The van der Waals surface area contributed by atoms with Gasteiger partial charge < -0.3 is 10.6 Å². The molecule has 0 bridgehead atoms. The fraction of sp³-hybridized carbons (Fsp3) is 0.348. The van der Waals surface area contributed by atoms with Gasteiger partial charge in [0.05, 0.1) is 6.67 Å². The number of allylic oxidation sites excluding steroid dienone is 1. The van der Waals surface area contributed by atoms with Crippen LogP contribution < -0.4 is 10.6 Å². The van der Waals surface area contributed by atoms with Crippen LogP contribution >= 0.6 is 23.2 Å². The number of benzene rings is 2. The highest BCUT2D eigenvalue weighted by molar-refractivity contribution is 6.36. The first-order valence-electron chi connectivity index (χ1n) is 9.86. The number of nitrogens with one attached hydrogen (secondary N) is 2. The van der Waals surface area contributed by atoms with Crippen molar-refractivity contribution in [2.75, 3.05) is 6.67 Å². The topological polar surface area (TPSA) is 41.1 Å². The summed E-state index contributed by atoms with van der Waals surface area (Å²) in [5, 5.41) is 7.55. The Balaban J connectivity index is 1.56. The lowest BCUT2D eigenvalue weighted by molar-refractivity contribution is -0.118. The van der Waals surface area contributed by atoms with Crippen molar-refractivity contribution in [3.05, 3.63) is 81.0 Å². The average molecular weight is 415 g/mol. The minimum Gasteiger partial charge on any atom is -0.371 e. The minimum atomic E-state index is -0.0186. The maximum Gasteiger partial charge on any atom is 0.250 e. The smallest absolute Gasteiger partial charge is 0.250 e. The van der Waals surface area contributed by atoms with Gasteiger partial charge in [0.15, 0.2) is 0 Å². The summed E-state index contributed by atoms with van der Waals surface area (Å²) in [6.45, 7) is 0.479. The van der Waals surface area contributed by atoms with Gasteiger partial charge in [-0.15, -0.1) is 0 Å². The Bertz CT molecular complexity index is 866. The second-order valence-corrected chi connectivity index (χ2v) is 8.40. The summed E-state index contributed by atoms with van der Waals surface area (Å²) in [7, 11) is 0. The molecule has 0 aromatic heterocycles. The van der Waals surface area contributed by atoms with Gasteiger partial charge in [-0.3, -0.25) is 4.79 Å². The Morgan fingerprint density at radius 3 is 2.14 bits per heavy atom. The lowest BCUT2D eigenvalue weighted by Gasteiger charge is -2.34. The molecule has 4 rings (SSSR count). The van der Waals surface area contributed by atoms with E-state index in [4.69, 9.17) is 23.2 Å². The maximum absolute atomic E-state index is 12.7. The summed E-state index contributed by atoms with van der Waals surface area (Å²) < 4.78 is 0. The number of hydrogen-bond donors (Lipinski definition) is 2. The van der Waals surface area contributed by atoms with Crippen molar-refractivity contribution in [2.45, 2.75) is 38.0 Å². The number of hydrogen-bond acceptors (Lipinski definition) is 2. The lowest BCUT2D eigenvalue weighted by Crippen LogP contribution is -2.44. The van der Waals surface area contributed by atoms with E-state index in [9.17, 15) is 4.79 Å². The molecule has 2 N–H and O–H groups in total. The molecular weight excluding hydrogens is 391 g/mol. The largest absolute Gasteiger partial charge is 0.371 e. The first kappa shape index (κ1) is 19.4. The third-order valence-electron chi connectivity index (χ3n) is 5.95. The second kappa shape index (κ2) is 8.59. The van der Waals surface area contributed by atoms with Crippen molar-refractivity contribution < 1.29 is 4.79 Å². The summed E-state index contributed by atoms with van der Waals surface area (Å²) in [6, 6.07) is 16.2. The first-order chi connectivity index (χ1) is 13.6. The molecule has 3 nitrogen and oxygen atoms in total. The summed E-state index contributed by atoms with van der Waals surface area (Å²) in [5.41, 5.74) is 4.08. The molecule has 2 aromatic rings. The van der Waals surface area contributed by atoms with Gasteiger partial charge in [0, 0.05) is 27.7 Å². The SMILES string of the molecule is O=C1NCNC([C@H]2CC[C@H](c3ccccc3)CC2)=C1Cc1c(Cl)cccc1Cl. The van der Waals surface area contributed by atoms with E-state index in [0.717, 1.165) is 42.5 Å². The molecule has 2 aliphatic rings. The molecule has 2 aromatic carbocycles. The molecule has 0 radical (unpaired) electrons. The Morgan fingerprint density at radius 1 is 0.821 bits per heavy atom. The van der Waals surface area contributed by atoms with Crippen molar-refractivity contribution in [2.24, 2.45) is 5.92 Å². The van der Waals surface area contributed by atoms with Crippen molar-refractivity contribution in [1.82, 2.24) is 10.6 Å². The molecule has 1 aliphatic heterocycles. The van der Waals surface area contributed by atoms with Gasteiger partial charge in [-0.1, -0.05) is 59.6 Å². The third kappa shape index (κ3) is 4.06. The van der Waals surface area contributed by atoms with E-state index in [0.29, 0.717) is 35.0 Å². The summed E-state index contributed by atoms with van der Waals surface area (Å²) >= 11 is 12.7. The van der Waals surface area contributed by atoms with Gasteiger partial charge in [-0.25, -0.2) is 0 Å². The van der Waals surface area contributed by atoms with E-state index in [1.54, 1.807) is 0 Å². The van der Waals surface area contributed by atoms with Crippen molar-refractivity contribution in [3.8, 4) is 0 Å². The molecular formula is C23H24Cl2N2O. The van der Waals surface area contributed by atoms with E-state index in [-0.39, 0.29) is 5.91 Å². The molecule has 0 spiro atoms. The normalized spacial score (nSPS) is 22.6. The van der Waals surface area contributed by atoms with Crippen molar-refractivity contribution in [3.63, 3.8) is 0 Å². The molecule has 0 saturated heterocycles. The molecule has 1 amide bonds. The van der Waals surface area contributed by atoms with E-state index >= 15 is 0 Å². The lowest BCUT2D eigenvalue weighted by atomic mass is 9.76. The van der Waals surface area contributed by atoms with Gasteiger partial charge >= 0.3 is 0 Å². The Kier molecular flexibility index (Phi) is 5.93. The van der Waals surface area contributed by atoms with Crippen LogP contribution in [0.25, 0.3) is 0 Å². The van der Waals surface area contributed by atoms with Gasteiger partial charge in [0.25, 0.3) is 5.91 Å². The fourth-order valence-electron chi connectivity index (χ4n) is 4.44. The van der Waals surface area contributed by atoms with Gasteiger partial charge in [0.1, 0.15) is 0 Å². The van der Waals surface area contributed by atoms with Crippen LogP contribution in [0.2, 0.25) is 10.0 Å². The number of carbonyl (C=O) groups is 1. The predicted octanol–water partition coefficient (Wildman–Crippen LogP) is 5.44. The van der Waals surface area contributed by atoms with Gasteiger partial charge in [-0.2, -0.15) is 0 Å². The van der Waals surface area contributed by atoms with Crippen LogP contribution in [0, 0.1) is 5.92 Å². The first-order valence-corrected chi connectivity index (χ1v) is 10.6. The van der Waals surface area contributed by atoms with Crippen LogP contribution in [0.5, 0.6) is 0 Å². The van der Waals surface area contributed by atoms with Crippen molar-refractivity contribution in [1.29, 1.82) is 0 Å². The molecule has 28 heavy (non-hydrogen) atoms. The van der Waals surface area contributed by atoms with Crippen molar-refractivity contribution >= 4 is 29.1 Å². The summed E-state index contributed by atoms with van der Waals surface area (Å²) in [4.78, 5) is 12.7. The Labute approximate surface area is 176 Å². The second-order valence-electron chi connectivity index (χ2n) is 7.59. The van der Waals surface area contributed by atoms with Crippen LogP contribution in [-0.4, -0.2) is 12.6 Å². The van der Waals surface area contributed by atoms with Crippen LogP contribution in [0.1, 0.15) is 42.7 Å². The average Bonchev–Trinajstić information content (AvgIpc) is 2.72. The third-order valence-corrected chi connectivity index (χ3v) is 6.66. The van der Waals surface area contributed by atoms with Gasteiger partial charge in [0.2, 0.25) is 0 Å². The predicted molar refractivity (Wildman–Crippen MR) is 114 cm³/mol.